The van der Waals surface area contributed by atoms with Gasteiger partial charge < -0.3 is 19.9 Å². The Labute approximate surface area is 149 Å². The van der Waals surface area contributed by atoms with Gasteiger partial charge in [0.05, 0.1) is 5.69 Å². The standard InChI is InChI=1S/C19H27N3O3/c1-15-5-6-16-17(13-15)25-14-19(24)22(16)11-7-18(23)20-8-12-21-9-3-2-4-10-21/h5-6,13H,2-4,7-12,14H2,1H3,(H,20,23). The van der Waals surface area contributed by atoms with Crippen LogP contribution in [0, 0.1) is 6.92 Å². The Bertz CT molecular complexity index is 626. The van der Waals surface area contributed by atoms with E-state index in [9.17, 15) is 9.59 Å². The van der Waals surface area contributed by atoms with Crippen molar-refractivity contribution in [1.82, 2.24) is 10.2 Å². The quantitative estimate of drug-likeness (QED) is 0.853. The summed E-state index contributed by atoms with van der Waals surface area (Å²) in [4.78, 5) is 28.3. The fourth-order valence-corrected chi connectivity index (χ4v) is 3.40. The number of hydrogen-bond donors (Lipinski definition) is 1. The van der Waals surface area contributed by atoms with Crippen molar-refractivity contribution < 1.29 is 14.3 Å². The number of nitrogens with one attached hydrogen (secondary N) is 1. The van der Waals surface area contributed by atoms with Gasteiger partial charge in [0.1, 0.15) is 5.75 Å². The molecule has 0 unspecified atom stereocenters. The zero-order chi connectivity index (χ0) is 17.6. The Morgan fingerprint density at radius 3 is 2.80 bits per heavy atom. The third kappa shape index (κ3) is 4.72. The number of nitrogens with zero attached hydrogens (tertiary/aromatic N) is 2. The second-order valence-corrected chi connectivity index (χ2v) is 6.81. The largest absolute Gasteiger partial charge is 0.482 e. The number of amides is 2. The molecule has 2 aliphatic rings. The highest BCUT2D eigenvalue weighted by atomic mass is 16.5. The van der Waals surface area contributed by atoms with Crippen molar-refractivity contribution in [3.8, 4) is 5.75 Å². The molecule has 2 amide bonds. The maximum Gasteiger partial charge on any atom is 0.265 e. The van der Waals surface area contributed by atoms with Crippen molar-refractivity contribution >= 4 is 17.5 Å². The van der Waals surface area contributed by atoms with Crippen molar-refractivity contribution in [2.24, 2.45) is 0 Å². The van der Waals surface area contributed by atoms with Gasteiger partial charge in [0.15, 0.2) is 6.61 Å². The molecule has 1 aromatic rings. The first-order chi connectivity index (χ1) is 12.1. The van der Waals surface area contributed by atoms with E-state index in [1.807, 2.05) is 25.1 Å². The monoisotopic (exact) mass is 345 g/mol. The highest BCUT2D eigenvalue weighted by molar-refractivity contribution is 5.98. The van der Waals surface area contributed by atoms with Gasteiger partial charge >= 0.3 is 0 Å². The van der Waals surface area contributed by atoms with Gasteiger partial charge in [-0.25, -0.2) is 0 Å². The summed E-state index contributed by atoms with van der Waals surface area (Å²) in [5, 5.41) is 2.97. The first kappa shape index (κ1) is 17.7. The van der Waals surface area contributed by atoms with Gasteiger partial charge in [-0.05, 0) is 50.6 Å². The molecular weight excluding hydrogens is 318 g/mol. The lowest BCUT2D eigenvalue weighted by atomic mass is 10.1. The fourth-order valence-electron chi connectivity index (χ4n) is 3.40. The number of rotatable bonds is 6. The number of aryl methyl sites for hydroxylation is 1. The van der Waals surface area contributed by atoms with Crippen molar-refractivity contribution in [3.63, 3.8) is 0 Å². The van der Waals surface area contributed by atoms with Crippen LogP contribution in [-0.2, 0) is 9.59 Å². The van der Waals surface area contributed by atoms with Crippen LogP contribution < -0.4 is 15.0 Å². The summed E-state index contributed by atoms with van der Waals surface area (Å²) < 4.78 is 5.49. The molecule has 6 heteroatoms. The van der Waals surface area contributed by atoms with Crippen LogP contribution in [0.2, 0.25) is 0 Å². The lowest BCUT2D eigenvalue weighted by Crippen LogP contribution is -2.42. The average molecular weight is 345 g/mol. The fraction of sp³-hybridized carbons (Fsp3) is 0.579. The number of benzene rings is 1. The van der Waals surface area contributed by atoms with E-state index in [-0.39, 0.29) is 18.4 Å². The van der Waals surface area contributed by atoms with Crippen LogP contribution in [0.5, 0.6) is 5.75 Å². The van der Waals surface area contributed by atoms with Crippen molar-refractivity contribution in [3.05, 3.63) is 23.8 Å². The number of likely N-dealkylation sites (tertiary alicyclic amines) is 1. The van der Waals surface area contributed by atoms with E-state index < -0.39 is 0 Å². The summed E-state index contributed by atoms with van der Waals surface area (Å²) in [6.07, 6.45) is 4.13. The Morgan fingerprint density at radius 1 is 1.20 bits per heavy atom. The molecule has 0 spiro atoms. The second-order valence-electron chi connectivity index (χ2n) is 6.81. The van der Waals surface area contributed by atoms with E-state index in [1.54, 1.807) is 4.90 Å². The Balaban J connectivity index is 1.46. The van der Waals surface area contributed by atoms with Crippen molar-refractivity contribution in [2.75, 3.05) is 44.2 Å². The first-order valence-electron chi connectivity index (χ1n) is 9.16. The lowest BCUT2D eigenvalue weighted by molar-refractivity contribution is -0.122. The smallest absolute Gasteiger partial charge is 0.265 e. The van der Waals surface area contributed by atoms with Gasteiger partial charge in [-0.3, -0.25) is 9.59 Å². The molecule has 1 fully saturated rings. The zero-order valence-corrected chi connectivity index (χ0v) is 14.9. The van der Waals surface area contributed by atoms with Gasteiger partial charge in [0.25, 0.3) is 5.91 Å². The molecule has 1 N–H and O–H groups in total. The van der Waals surface area contributed by atoms with E-state index in [2.05, 4.69) is 10.2 Å². The Hall–Kier alpha value is -2.08. The van der Waals surface area contributed by atoms with Crippen molar-refractivity contribution in [2.45, 2.75) is 32.6 Å². The molecular formula is C19H27N3O3. The van der Waals surface area contributed by atoms with Crippen LogP contribution in [0.4, 0.5) is 5.69 Å². The highest BCUT2D eigenvalue weighted by Crippen LogP contribution is 2.32. The molecule has 1 aromatic carbocycles. The molecule has 0 radical (unpaired) electrons. The summed E-state index contributed by atoms with van der Waals surface area (Å²) in [5.74, 6) is 0.604. The van der Waals surface area contributed by atoms with E-state index in [0.29, 0.717) is 25.3 Å². The van der Waals surface area contributed by atoms with Crippen LogP contribution in [0.3, 0.4) is 0 Å². The van der Waals surface area contributed by atoms with Crippen LogP contribution in [0.1, 0.15) is 31.2 Å². The average Bonchev–Trinajstić information content (AvgIpc) is 2.62. The Kier molecular flexibility index (Phi) is 5.91. The second kappa shape index (κ2) is 8.34. The predicted molar refractivity (Wildman–Crippen MR) is 96.9 cm³/mol. The molecule has 0 aliphatic carbocycles. The number of carbonyl (C=O) groups excluding carboxylic acids is 2. The minimum absolute atomic E-state index is 0.00929. The van der Waals surface area contributed by atoms with Crippen molar-refractivity contribution in [1.29, 1.82) is 0 Å². The number of piperidine rings is 1. The molecule has 25 heavy (non-hydrogen) atoms. The van der Waals surface area contributed by atoms with E-state index in [4.69, 9.17) is 4.74 Å². The van der Waals surface area contributed by atoms with Gasteiger partial charge in [0.2, 0.25) is 5.91 Å². The Morgan fingerprint density at radius 2 is 2.00 bits per heavy atom. The molecule has 2 heterocycles. The van der Waals surface area contributed by atoms with Gasteiger partial charge in [-0.15, -0.1) is 0 Å². The van der Waals surface area contributed by atoms with Crippen LogP contribution in [0.25, 0.3) is 0 Å². The SMILES string of the molecule is Cc1ccc2c(c1)OCC(=O)N2CCC(=O)NCCN1CCCCC1. The van der Waals surface area contributed by atoms with E-state index in [1.165, 1.54) is 19.3 Å². The molecule has 0 bridgehead atoms. The van der Waals surface area contributed by atoms with Crippen LogP contribution >= 0.6 is 0 Å². The maximum atomic E-state index is 12.1. The molecule has 136 valence electrons. The number of fused-ring (bicyclic) bond motifs is 1. The van der Waals surface area contributed by atoms with E-state index >= 15 is 0 Å². The molecule has 0 saturated carbocycles. The minimum atomic E-state index is -0.0996. The van der Waals surface area contributed by atoms with Gasteiger partial charge in [-0.2, -0.15) is 0 Å². The van der Waals surface area contributed by atoms with Crippen LogP contribution in [-0.4, -0.2) is 56.0 Å². The third-order valence-corrected chi connectivity index (χ3v) is 4.82. The molecule has 0 atom stereocenters. The summed E-state index contributed by atoms with van der Waals surface area (Å²) in [6.45, 7) is 6.25. The number of anilines is 1. The molecule has 0 aromatic heterocycles. The predicted octanol–water partition coefficient (Wildman–Crippen LogP) is 1.71. The number of carbonyl (C=O) groups is 2. The zero-order valence-electron chi connectivity index (χ0n) is 14.9. The van der Waals surface area contributed by atoms with E-state index in [0.717, 1.165) is 30.9 Å². The summed E-state index contributed by atoms with van der Waals surface area (Å²) in [6, 6.07) is 5.76. The first-order valence-corrected chi connectivity index (χ1v) is 9.16. The maximum absolute atomic E-state index is 12.1. The topological polar surface area (TPSA) is 61.9 Å². The number of hydrogen-bond acceptors (Lipinski definition) is 4. The summed E-state index contributed by atoms with van der Waals surface area (Å²) >= 11 is 0. The summed E-state index contributed by atoms with van der Waals surface area (Å²) in [5.41, 5.74) is 1.84. The molecule has 3 rings (SSSR count). The molecule has 1 saturated heterocycles. The third-order valence-electron chi connectivity index (χ3n) is 4.82. The minimum Gasteiger partial charge on any atom is -0.482 e. The van der Waals surface area contributed by atoms with Gasteiger partial charge in [-0.1, -0.05) is 12.5 Å². The highest BCUT2D eigenvalue weighted by Gasteiger charge is 2.25. The van der Waals surface area contributed by atoms with Gasteiger partial charge in [0, 0.05) is 26.1 Å². The van der Waals surface area contributed by atoms with Crippen LogP contribution in [0.15, 0.2) is 18.2 Å². The molecule has 6 nitrogen and oxygen atoms in total. The lowest BCUT2D eigenvalue weighted by Gasteiger charge is -2.29. The summed E-state index contributed by atoms with van der Waals surface area (Å²) in [7, 11) is 0. The number of ether oxygens (including phenoxy) is 1. The normalized spacial score (nSPS) is 17.8. The molecule has 2 aliphatic heterocycles.